The van der Waals surface area contributed by atoms with E-state index in [1.807, 2.05) is 0 Å². The van der Waals surface area contributed by atoms with Crippen LogP contribution in [0.2, 0.25) is 0 Å². The highest BCUT2D eigenvalue weighted by Gasteiger charge is 2.19. The van der Waals surface area contributed by atoms with E-state index in [1.165, 1.54) is 77.3 Å². The van der Waals surface area contributed by atoms with Gasteiger partial charge in [0.1, 0.15) is 0 Å². The van der Waals surface area contributed by atoms with Crippen molar-refractivity contribution >= 4 is 0 Å². The minimum Gasteiger partial charge on any atom is -0.378 e. The van der Waals surface area contributed by atoms with Crippen molar-refractivity contribution in [2.24, 2.45) is 11.8 Å². The maximum absolute atomic E-state index is 2.53. The molecule has 0 aromatic rings. The summed E-state index contributed by atoms with van der Waals surface area (Å²) in [5, 5.41) is 0. The smallest absolute Gasteiger partial charge is 0.0172 e. The van der Waals surface area contributed by atoms with E-state index in [0.717, 1.165) is 11.8 Å². The van der Waals surface area contributed by atoms with Gasteiger partial charge < -0.3 is 4.90 Å². The Morgan fingerprint density at radius 1 is 1.00 bits per heavy atom. The summed E-state index contributed by atoms with van der Waals surface area (Å²) in [7, 11) is 0. The second-order valence-electron chi connectivity index (χ2n) is 6.36. The largest absolute Gasteiger partial charge is 0.378 e. The van der Waals surface area contributed by atoms with Gasteiger partial charge in [-0.3, -0.25) is 0 Å². The van der Waals surface area contributed by atoms with Gasteiger partial charge in [0.05, 0.1) is 0 Å². The number of nitrogens with zero attached hydrogens (tertiary/aromatic N) is 1. The molecule has 0 spiro atoms. The van der Waals surface area contributed by atoms with Crippen LogP contribution in [0.4, 0.5) is 0 Å². The molecule has 2 aliphatic rings. The van der Waals surface area contributed by atoms with Gasteiger partial charge in [-0.2, -0.15) is 0 Å². The summed E-state index contributed by atoms with van der Waals surface area (Å²) in [5.41, 5.74) is 0. The van der Waals surface area contributed by atoms with E-state index in [1.54, 1.807) is 0 Å². The highest BCUT2D eigenvalue weighted by molar-refractivity contribution is 4.91. The summed E-state index contributed by atoms with van der Waals surface area (Å²) in [6.45, 7) is 4.90. The zero-order valence-corrected chi connectivity index (χ0v) is 12.2. The quantitative estimate of drug-likeness (QED) is 0.664. The molecule has 0 bridgehead atoms. The third-order valence-electron chi connectivity index (χ3n) is 4.82. The van der Waals surface area contributed by atoms with Crippen molar-refractivity contribution in [3.05, 3.63) is 12.3 Å². The fourth-order valence-corrected chi connectivity index (χ4v) is 3.47. The number of piperidine rings is 1. The van der Waals surface area contributed by atoms with E-state index < -0.39 is 0 Å². The fourth-order valence-electron chi connectivity index (χ4n) is 3.47. The van der Waals surface area contributed by atoms with E-state index in [4.69, 9.17) is 0 Å². The van der Waals surface area contributed by atoms with Crippen LogP contribution in [-0.2, 0) is 0 Å². The monoisotopic (exact) mass is 249 g/mol. The second kappa shape index (κ2) is 7.86. The summed E-state index contributed by atoms with van der Waals surface area (Å²) < 4.78 is 0. The van der Waals surface area contributed by atoms with Crippen LogP contribution in [0, 0.1) is 11.8 Å². The number of allylic oxidation sites excluding steroid dienone is 1. The van der Waals surface area contributed by atoms with Gasteiger partial charge in [-0.25, -0.2) is 0 Å². The lowest BCUT2D eigenvalue weighted by atomic mass is 9.80. The van der Waals surface area contributed by atoms with E-state index in [2.05, 4.69) is 24.1 Å². The molecule has 1 aliphatic carbocycles. The average Bonchev–Trinajstić information content (AvgIpc) is 2.45. The highest BCUT2D eigenvalue weighted by Crippen LogP contribution is 2.32. The van der Waals surface area contributed by atoms with Crippen molar-refractivity contribution < 1.29 is 0 Å². The first-order chi connectivity index (χ1) is 8.88. The van der Waals surface area contributed by atoms with Crippen LogP contribution in [0.15, 0.2) is 12.3 Å². The average molecular weight is 249 g/mol. The summed E-state index contributed by atoms with van der Waals surface area (Å²) in [6, 6.07) is 0. The maximum atomic E-state index is 2.53. The number of hydrogen-bond donors (Lipinski definition) is 0. The third kappa shape index (κ3) is 4.66. The molecular weight excluding hydrogens is 218 g/mol. The van der Waals surface area contributed by atoms with Gasteiger partial charge in [0, 0.05) is 13.1 Å². The molecule has 1 aliphatic heterocycles. The molecule has 1 nitrogen and oxygen atoms in total. The van der Waals surface area contributed by atoms with Crippen molar-refractivity contribution in [1.29, 1.82) is 0 Å². The molecule has 0 unspecified atom stereocenters. The Kier molecular flexibility index (Phi) is 6.10. The molecule has 2 rings (SSSR count). The topological polar surface area (TPSA) is 3.24 Å². The van der Waals surface area contributed by atoms with E-state index >= 15 is 0 Å². The minimum absolute atomic E-state index is 0.879. The van der Waals surface area contributed by atoms with Gasteiger partial charge in [0.2, 0.25) is 0 Å². The number of rotatable bonds is 5. The lowest BCUT2D eigenvalue weighted by Gasteiger charge is -2.28. The van der Waals surface area contributed by atoms with Crippen LogP contribution in [0.1, 0.15) is 71.1 Å². The SMILES string of the molecule is CCCCC1CCC(C=CN2CCCCC2)CC1. The van der Waals surface area contributed by atoms with Crippen LogP contribution in [0.5, 0.6) is 0 Å². The Morgan fingerprint density at radius 3 is 2.39 bits per heavy atom. The first-order valence-electron chi connectivity index (χ1n) is 8.31. The number of unbranched alkanes of at least 4 members (excludes halogenated alkanes) is 1. The predicted molar refractivity (Wildman–Crippen MR) is 79.5 cm³/mol. The van der Waals surface area contributed by atoms with Crippen molar-refractivity contribution in [2.75, 3.05) is 13.1 Å². The lowest BCUT2D eigenvalue weighted by molar-refractivity contribution is 0.281. The Bertz CT molecular complexity index is 232. The molecule has 104 valence electrons. The van der Waals surface area contributed by atoms with E-state index in [9.17, 15) is 0 Å². The van der Waals surface area contributed by atoms with Crippen LogP contribution < -0.4 is 0 Å². The Balaban J connectivity index is 1.64. The molecule has 0 aromatic carbocycles. The first-order valence-corrected chi connectivity index (χ1v) is 8.31. The van der Waals surface area contributed by atoms with Gasteiger partial charge in [-0.1, -0.05) is 32.3 Å². The number of hydrogen-bond acceptors (Lipinski definition) is 1. The first kappa shape index (κ1) is 14.0. The van der Waals surface area contributed by atoms with E-state index in [0.29, 0.717) is 0 Å². The van der Waals surface area contributed by atoms with Crippen molar-refractivity contribution in [2.45, 2.75) is 71.1 Å². The number of likely N-dealkylation sites (tertiary alicyclic amines) is 1. The summed E-state index contributed by atoms with van der Waals surface area (Å²) >= 11 is 0. The highest BCUT2D eigenvalue weighted by atomic mass is 15.1. The molecule has 18 heavy (non-hydrogen) atoms. The standard InChI is InChI=1S/C17H31N/c1-2-3-7-16-8-10-17(11-9-16)12-15-18-13-5-4-6-14-18/h12,15-17H,2-11,13-14H2,1H3. The molecule has 0 atom stereocenters. The van der Waals surface area contributed by atoms with Gasteiger partial charge in [0.25, 0.3) is 0 Å². The molecular formula is C17H31N. The van der Waals surface area contributed by atoms with Gasteiger partial charge in [-0.15, -0.1) is 0 Å². The Morgan fingerprint density at radius 2 is 1.72 bits per heavy atom. The molecule has 1 heteroatoms. The van der Waals surface area contributed by atoms with Crippen molar-refractivity contribution in [3.8, 4) is 0 Å². The lowest BCUT2D eigenvalue weighted by Crippen LogP contribution is -2.24. The molecule has 1 saturated carbocycles. The molecule has 1 heterocycles. The normalized spacial score (nSPS) is 29.9. The fraction of sp³-hybridized carbons (Fsp3) is 0.882. The van der Waals surface area contributed by atoms with Crippen molar-refractivity contribution in [1.82, 2.24) is 4.90 Å². The van der Waals surface area contributed by atoms with E-state index in [-0.39, 0.29) is 0 Å². The van der Waals surface area contributed by atoms with Crippen LogP contribution in [-0.4, -0.2) is 18.0 Å². The second-order valence-corrected chi connectivity index (χ2v) is 6.36. The molecule has 0 aromatic heterocycles. The van der Waals surface area contributed by atoms with Crippen LogP contribution >= 0.6 is 0 Å². The Labute approximate surface area is 114 Å². The molecule has 0 N–H and O–H groups in total. The maximum Gasteiger partial charge on any atom is 0.0172 e. The minimum atomic E-state index is 0.879. The summed E-state index contributed by atoms with van der Waals surface area (Å²) in [6.07, 6.45) is 19.3. The van der Waals surface area contributed by atoms with Gasteiger partial charge in [0.15, 0.2) is 0 Å². The molecule has 0 radical (unpaired) electrons. The van der Waals surface area contributed by atoms with Crippen LogP contribution in [0.25, 0.3) is 0 Å². The van der Waals surface area contributed by atoms with Crippen LogP contribution in [0.3, 0.4) is 0 Å². The zero-order valence-electron chi connectivity index (χ0n) is 12.2. The summed E-state index contributed by atoms with van der Waals surface area (Å²) in [5.74, 6) is 1.93. The Hall–Kier alpha value is -0.460. The molecule has 0 amide bonds. The van der Waals surface area contributed by atoms with Crippen molar-refractivity contribution in [3.63, 3.8) is 0 Å². The molecule has 1 saturated heterocycles. The van der Waals surface area contributed by atoms with Gasteiger partial charge >= 0.3 is 0 Å². The third-order valence-corrected chi connectivity index (χ3v) is 4.82. The van der Waals surface area contributed by atoms with Gasteiger partial charge in [-0.05, 0) is 63.0 Å². The predicted octanol–water partition coefficient (Wildman–Crippen LogP) is 4.98. The summed E-state index contributed by atoms with van der Waals surface area (Å²) in [4.78, 5) is 2.53. The zero-order chi connectivity index (χ0) is 12.6. The molecule has 2 fully saturated rings.